The summed E-state index contributed by atoms with van der Waals surface area (Å²) in [6.45, 7) is 2.99. The Morgan fingerprint density at radius 2 is 1.67 bits per heavy atom. The van der Waals surface area contributed by atoms with Gasteiger partial charge in [-0.3, -0.25) is 14.9 Å². The van der Waals surface area contributed by atoms with Crippen molar-refractivity contribution in [1.82, 2.24) is 4.31 Å². The number of nitrogens with zero attached hydrogens (tertiary/aromatic N) is 3. The lowest BCUT2D eigenvalue weighted by molar-refractivity contribution is -0.384. The fourth-order valence-electron chi connectivity index (χ4n) is 3.06. The zero-order valence-electron chi connectivity index (χ0n) is 14.7. The highest BCUT2D eigenvalue weighted by atomic mass is 32.2. The average molecular weight is 389 g/mol. The van der Waals surface area contributed by atoms with Crippen molar-refractivity contribution in [3.8, 4) is 0 Å². The zero-order valence-corrected chi connectivity index (χ0v) is 15.6. The minimum atomic E-state index is -3.60. The normalized spacial score (nSPS) is 15.5. The largest absolute Gasteiger partial charge is 0.363 e. The Morgan fingerprint density at radius 3 is 2.22 bits per heavy atom. The van der Waals surface area contributed by atoms with Crippen LogP contribution in [-0.4, -0.2) is 50.1 Å². The molecule has 2 aromatic carbocycles. The molecule has 0 atom stereocenters. The molecule has 0 radical (unpaired) electrons. The van der Waals surface area contributed by atoms with Crippen LogP contribution < -0.4 is 4.90 Å². The average Bonchev–Trinajstić information content (AvgIpc) is 2.68. The van der Waals surface area contributed by atoms with Crippen LogP contribution in [0.3, 0.4) is 0 Å². The molecule has 1 fully saturated rings. The van der Waals surface area contributed by atoms with Crippen molar-refractivity contribution in [1.29, 1.82) is 0 Å². The Bertz CT molecular complexity index is 965. The van der Waals surface area contributed by atoms with Gasteiger partial charge in [-0.25, -0.2) is 8.42 Å². The molecule has 0 aliphatic carbocycles. The number of hydrogen-bond acceptors (Lipinski definition) is 6. The quantitative estimate of drug-likeness (QED) is 0.442. The van der Waals surface area contributed by atoms with Crippen LogP contribution in [0.4, 0.5) is 11.4 Å². The minimum Gasteiger partial charge on any atom is -0.363 e. The second-order valence-corrected chi connectivity index (χ2v) is 8.27. The lowest BCUT2D eigenvalue weighted by Crippen LogP contribution is -2.48. The molecule has 1 heterocycles. The number of rotatable bonds is 5. The molecule has 0 bridgehead atoms. The number of anilines is 1. The van der Waals surface area contributed by atoms with Crippen LogP contribution in [0.2, 0.25) is 0 Å². The number of aldehydes is 1. The second-order valence-electron chi connectivity index (χ2n) is 6.33. The van der Waals surface area contributed by atoms with Crippen molar-refractivity contribution < 1.29 is 18.1 Å². The van der Waals surface area contributed by atoms with E-state index in [1.165, 1.54) is 22.5 Å². The highest BCUT2D eigenvalue weighted by Crippen LogP contribution is 2.30. The van der Waals surface area contributed by atoms with Gasteiger partial charge in [0.15, 0.2) is 0 Å². The third-order valence-corrected chi connectivity index (χ3v) is 6.48. The first-order chi connectivity index (χ1) is 12.8. The van der Waals surface area contributed by atoms with Crippen molar-refractivity contribution in [3.63, 3.8) is 0 Å². The third-order valence-electron chi connectivity index (χ3n) is 4.57. The minimum absolute atomic E-state index is 0.158. The van der Waals surface area contributed by atoms with Gasteiger partial charge in [0.2, 0.25) is 10.0 Å². The summed E-state index contributed by atoms with van der Waals surface area (Å²) < 4.78 is 26.9. The number of nitro benzene ring substituents is 1. The first-order valence-corrected chi connectivity index (χ1v) is 9.82. The van der Waals surface area contributed by atoms with E-state index in [0.717, 1.165) is 5.56 Å². The second kappa shape index (κ2) is 7.45. The van der Waals surface area contributed by atoms with E-state index in [0.29, 0.717) is 25.1 Å². The molecule has 1 saturated heterocycles. The molecule has 0 N–H and O–H groups in total. The van der Waals surface area contributed by atoms with Gasteiger partial charge in [-0.05, 0) is 31.2 Å². The SMILES string of the molecule is Cc1ccc(S(=O)(=O)N2CCN(c3ccc(C=O)cc3[N+](=O)[O-])CC2)cc1. The smallest absolute Gasteiger partial charge is 0.293 e. The van der Waals surface area contributed by atoms with Gasteiger partial charge in [0.1, 0.15) is 12.0 Å². The highest BCUT2D eigenvalue weighted by molar-refractivity contribution is 7.89. The van der Waals surface area contributed by atoms with E-state index in [1.54, 1.807) is 29.2 Å². The summed E-state index contributed by atoms with van der Waals surface area (Å²) in [5.41, 5.74) is 1.43. The van der Waals surface area contributed by atoms with E-state index in [4.69, 9.17) is 0 Å². The van der Waals surface area contributed by atoms with Crippen molar-refractivity contribution in [2.24, 2.45) is 0 Å². The molecular formula is C18H19N3O5S. The maximum atomic E-state index is 12.8. The van der Waals surface area contributed by atoms with Gasteiger partial charge in [-0.1, -0.05) is 17.7 Å². The number of piperazine rings is 1. The van der Waals surface area contributed by atoms with Gasteiger partial charge in [-0.2, -0.15) is 4.31 Å². The van der Waals surface area contributed by atoms with E-state index < -0.39 is 14.9 Å². The molecule has 0 aromatic heterocycles. The van der Waals surface area contributed by atoms with Gasteiger partial charge < -0.3 is 4.90 Å². The van der Waals surface area contributed by atoms with Crippen LogP contribution in [0.25, 0.3) is 0 Å². The molecule has 9 heteroatoms. The van der Waals surface area contributed by atoms with E-state index in [2.05, 4.69) is 0 Å². The Labute approximate surface area is 157 Å². The van der Waals surface area contributed by atoms with Crippen LogP contribution in [-0.2, 0) is 10.0 Å². The van der Waals surface area contributed by atoms with Gasteiger partial charge in [0, 0.05) is 37.8 Å². The summed E-state index contributed by atoms with van der Waals surface area (Å²) >= 11 is 0. The lowest BCUT2D eigenvalue weighted by Gasteiger charge is -2.35. The summed E-state index contributed by atoms with van der Waals surface area (Å²) in [7, 11) is -3.60. The maximum Gasteiger partial charge on any atom is 0.293 e. The highest BCUT2D eigenvalue weighted by Gasteiger charge is 2.30. The topological polar surface area (TPSA) is 101 Å². The Hall–Kier alpha value is -2.78. The first-order valence-electron chi connectivity index (χ1n) is 8.38. The standard InChI is InChI=1S/C18H19N3O5S/c1-14-2-5-16(6-3-14)27(25,26)20-10-8-19(9-11-20)17-7-4-15(13-22)12-18(17)21(23)24/h2-7,12-13H,8-11H2,1H3. The van der Waals surface area contributed by atoms with E-state index >= 15 is 0 Å². The summed E-state index contributed by atoms with van der Waals surface area (Å²) in [4.78, 5) is 23.7. The van der Waals surface area contributed by atoms with Gasteiger partial charge >= 0.3 is 0 Å². The molecule has 0 unspecified atom stereocenters. The molecule has 8 nitrogen and oxygen atoms in total. The first kappa shape index (κ1) is 19.0. The van der Waals surface area contributed by atoms with Crippen LogP contribution >= 0.6 is 0 Å². The fourth-order valence-corrected chi connectivity index (χ4v) is 4.48. The number of hydrogen-bond donors (Lipinski definition) is 0. The molecular weight excluding hydrogens is 370 g/mol. The number of benzene rings is 2. The van der Waals surface area contributed by atoms with E-state index in [1.807, 2.05) is 6.92 Å². The molecule has 3 rings (SSSR count). The Kier molecular flexibility index (Phi) is 5.24. The third kappa shape index (κ3) is 3.83. The van der Waals surface area contributed by atoms with Crippen molar-refractivity contribution in [2.75, 3.05) is 31.1 Å². The summed E-state index contributed by atoms with van der Waals surface area (Å²) in [5.74, 6) is 0. The number of carbonyl (C=O) groups is 1. The monoisotopic (exact) mass is 389 g/mol. The Morgan fingerprint density at radius 1 is 1.04 bits per heavy atom. The molecule has 142 valence electrons. The van der Waals surface area contributed by atoms with Gasteiger partial charge in [0.25, 0.3) is 5.69 Å². The molecule has 0 saturated carbocycles. The Balaban J connectivity index is 1.78. The lowest BCUT2D eigenvalue weighted by atomic mass is 10.1. The fraction of sp³-hybridized carbons (Fsp3) is 0.278. The molecule has 1 aliphatic heterocycles. The van der Waals surface area contributed by atoms with Crippen LogP contribution in [0, 0.1) is 17.0 Å². The molecule has 0 amide bonds. The van der Waals surface area contributed by atoms with Crippen molar-refractivity contribution in [3.05, 3.63) is 63.7 Å². The summed E-state index contributed by atoms with van der Waals surface area (Å²) in [5, 5.41) is 11.3. The number of sulfonamides is 1. The van der Waals surface area contributed by atoms with Crippen LogP contribution in [0.5, 0.6) is 0 Å². The van der Waals surface area contributed by atoms with E-state index in [-0.39, 0.29) is 29.2 Å². The molecule has 27 heavy (non-hydrogen) atoms. The zero-order chi connectivity index (χ0) is 19.6. The van der Waals surface area contributed by atoms with Crippen LogP contribution in [0.15, 0.2) is 47.4 Å². The van der Waals surface area contributed by atoms with Gasteiger partial charge in [0.05, 0.1) is 9.82 Å². The molecule has 2 aromatic rings. The van der Waals surface area contributed by atoms with Crippen molar-refractivity contribution in [2.45, 2.75) is 11.8 Å². The van der Waals surface area contributed by atoms with Crippen LogP contribution in [0.1, 0.15) is 15.9 Å². The van der Waals surface area contributed by atoms with E-state index in [9.17, 15) is 23.3 Å². The number of carbonyl (C=O) groups excluding carboxylic acids is 1. The van der Waals surface area contributed by atoms with Crippen molar-refractivity contribution >= 4 is 27.7 Å². The predicted molar refractivity (Wildman–Crippen MR) is 101 cm³/mol. The number of nitro groups is 1. The molecule has 1 aliphatic rings. The molecule has 0 spiro atoms. The van der Waals surface area contributed by atoms with Gasteiger partial charge in [-0.15, -0.1) is 0 Å². The number of aryl methyl sites for hydroxylation is 1. The summed E-state index contributed by atoms with van der Waals surface area (Å²) in [6, 6.07) is 11.0. The predicted octanol–water partition coefficient (Wildman–Crippen LogP) is 2.23. The maximum absolute atomic E-state index is 12.8. The summed E-state index contributed by atoms with van der Waals surface area (Å²) in [6.07, 6.45) is 0.558.